The number of aryl methyl sites for hydroxylation is 2. The van der Waals surface area contributed by atoms with Crippen molar-refractivity contribution in [3.8, 4) is 0 Å². The number of hydrogen-bond donors (Lipinski definition) is 1. The number of benzene rings is 1. The van der Waals surface area contributed by atoms with Crippen LogP contribution < -0.4 is 10.9 Å². The van der Waals surface area contributed by atoms with Crippen molar-refractivity contribution in [1.82, 2.24) is 14.7 Å². The fourth-order valence-corrected chi connectivity index (χ4v) is 3.42. The zero-order valence-electron chi connectivity index (χ0n) is 14.0. The molecule has 1 aromatic carbocycles. The predicted octanol–water partition coefficient (Wildman–Crippen LogP) is 2.95. The monoisotopic (exact) mass is 359 g/mol. The molecule has 130 valence electrons. The van der Waals surface area contributed by atoms with Crippen LogP contribution in [0.4, 0.5) is 4.39 Å². The Labute approximate surface area is 148 Å². The molecule has 1 N–H and O–H groups in total. The highest BCUT2D eigenvalue weighted by molar-refractivity contribution is 7.15. The summed E-state index contributed by atoms with van der Waals surface area (Å²) in [5.41, 5.74) is 1.44. The Kier molecular flexibility index (Phi) is 4.94. The lowest BCUT2D eigenvalue weighted by molar-refractivity contribution is 0.0936. The molecule has 0 aliphatic rings. The van der Waals surface area contributed by atoms with Gasteiger partial charge < -0.3 is 5.32 Å². The molecule has 0 radical (unpaired) electrons. The number of carbonyl (C=O) groups excluding carboxylic acids is 1. The number of halogens is 1. The molecule has 2 heterocycles. The molecule has 0 saturated heterocycles. The Morgan fingerprint density at radius 2 is 2.08 bits per heavy atom. The number of nitrogens with zero attached hydrogens (tertiary/aromatic N) is 2. The largest absolute Gasteiger partial charge is 0.349 e. The van der Waals surface area contributed by atoms with Gasteiger partial charge in [0.25, 0.3) is 11.5 Å². The van der Waals surface area contributed by atoms with Gasteiger partial charge in [-0.1, -0.05) is 12.1 Å². The highest BCUT2D eigenvalue weighted by atomic mass is 32.1. The first-order valence-electron chi connectivity index (χ1n) is 7.97. The van der Waals surface area contributed by atoms with Crippen LogP contribution >= 0.6 is 11.3 Å². The molecule has 3 rings (SSSR count). The number of carbonyl (C=O) groups is 1. The zero-order chi connectivity index (χ0) is 18.0. The van der Waals surface area contributed by atoms with E-state index in [4.69, 9.17) is 0 Å². The summed E-state index contributed by atoms with van der Waals surface area (Å²) in [6, 6.07) is 6.18. The van der Waals surface area contributed by atoms with Gasteiger partial charge in [0.2, 0.25) is 0 Å². The second-order valence-electron chi connectivity index (χ2n) is 6.01. The fourth-order valence-electron chi connectivity index (χ4n) is 2.59. The van der Waals surface area contributed by atoms with Gasteiger partial charge in [-0.25, -0.2) is 9.37 Å². The topological polar surface area (TPSA) is 63.5 Å². The van der Waals surface area contributed by atoms with E-state index in [-0.39, 0.29) is 23.0 Å². The lowest BCUT2D eigenvalue weighted by Crippen LogP contribution is -2.37. The fraction of sp³-hybridized carbons (Fsp3) is 0.278. The van der Waals surface area contributed by atoms with Crippen LogP contribution in [0.2, 0.25) is 0 Å². The maximum atomic E-state index is 12.9. The Morgan fingerprint density at radius 3 is 2.80 bits per heavy atom. The Morgan fingerprint density at radius 1 is 1.36 bits per heavy atom. The van der Waals surface area contributed by atoms with E-state index in [1.54, 1.807) is 19.1 Å². The van der Waals surface area contributed by atoms with Gasteiger partial charge in [0.05, 0.1) is 0 Å². The van der Waals surface area contributed by atoms with Crippen molar-refractivity contribution >= 4 is 22.2 Å². The van der Waals surface area contributed by atoms with E-state index in [0.29, 0.717) is 17.8 Å². The van der Waals surface area contributed by atoms with Crippen LogP contribution in [0, 0.1) is 12.7 Å². The lowest BCUT2D eigenvalue weighted by atomic mass is 10.1. The summed E-state index contributed by atoms with van der Waals surface area (Å²) < 4.78 is 14.4. The van der Waals surface area contributed by atoms with Crippen molar-refractivity contribution in [3.05, 3.63) is 68.8 Å². The molecule has 0 aliphatic heterocycles. The van der Waals surface area contributed by atoms with Crippen LogP contribution in [0.3, 0.4) is 0 Å². The van der Waals surface area contributed by atoms with E-state index in [1.807, 2.05) is 12.3 Å². The van der Waals surface area contributed by atoms with E-state index >= 15 is 0 Å². The van der Waals surface area contributed by atoms with Crippen molar-refractivity contribution in [2.75, 3.05) is 0 Å². The summed E-state index contributed by atoms with van der Waals surface area (Å²) in [6.45, 7) is 3.68. The molecular weight excluding hydrogens is 341 g/mol. The van der Waals surface area contributed by atoms with E-state index in [9.17, 15) is 14.0 Å². The molecule has 25 heavy (non-hydrogen) atoms. The first-order valence-corrected chi connectivity index (χ1v) is 8.85. The summed E-state index contributed by atoms with van der Waals surface area (Å²) in [5, 5.41) is 4.66. The van der Waals surface area contributed by atoms with Crippen LogP contribution in [0.5, 0.6) is 0 Å². The smallest absolute Gasteiger partial charge is 0.271 e. The van der Waals surface area contributed by atoms with Crippen molar-refractivity contribution in [1.29, 1.82) is 0 Å². The van der Waals surface area contributed by atoms with E-state index < -0.39 is 5.91 Å². The second-order valence-corrected chi connectivity index (χ2v) is 6.85. The molecule has 1 amide bonds. The van der Waals surface area contributed by atoms with Crippen LogP contribution in [0.25, 0.3) is 4.96 Å². The first kappa shape index (κ1) is 17.3. The van der Waals surface area contributed by atoms with Gasteiger partial charge in [-0.15, -0.1) is 11.3 Å². The number of nitrogens with one attached hydrogen (secondary N) is 1. The van der Waals surface area contributed by atoms with E-state index in [2.05, 4.69) is 10.3 Å². The van der Waals surface area contributed by atoms with Gasteiger partial charge in [-0.3, -0.25) is 14.0 Å². The quantitative estimate of drug-likeness (QED) is 0.762. The van der Waals surface area contributed by atoms with Gasteiger partial charge in [0, 0.05) is 23.3 Å². The third kappa shape index (κ3) is 3.76. The van der Waals surface area contributed by atoms with Crippen molar-refractivity contribution in [3.63, 3.8) is 0 Å². The minimum atomic E-state index is -0.427. The SMILES string of the molecule is Cc1csc2ncc(C(=O)N[C@@H](C)CCc3ccc(F)cc3)c(=O)n12. The number of thiazole rings is 1. The van der Waals surface area contributed by atoms with Crippen LogP contribution in [0.15, 0.2) is 40.6 Å². The molecule has 7 heteroatoms. The molecule has 3 aromatic rings. The van der Waals surface area contributed by atoms with E-state index in [1.165, 1.54) is 34.1 Å². The lowest BCUT2D eigenvalue weighted by Gasteiger charge is -2.13. The van der Waals surface area contributed by atoms with Gasteiger partial charge in [0.1, 0.15) is 11.4 Å². The molecule has 2 aromatic heterocycles. The summed E-state index contributed by atoms with van der Waals surface area (Å²) in [7, 11) is 0. The van der Waals surface area contributed by atoms with Crippen molar-refractivity contribution in [2.45, 2.75) is 32.7 Å². The van der Waals surface area contributed by atoms with Crippen molar-refractivity contribution < 1.29 is 9.18 Å². The molecule has 0 unspecified atom stereocenters. The van der Waals surface area contributed by atoms with Gasteiger partial charge in [0.15, 0.2) is 4.96 Å². The molecule has 0 aliphatic carbocycles. The number of fused-ring (bicyclic) bond motifs is 1. The van der Waals surface area contributed by atoms with Gasteiger partial charge in [-0.05, 0) is 44.4 Å². The summed E-state index contributed by atoms with van der Waals surface area (Å²) in [4.78, 5) is 29.6. The maximum absolute atomic E-state index is 12.9. The Balaban J connectivity index is 1.67. The minimum Gasteiger partial charge on any atom is -0.349 e. The van der Waals surface area contributed by atoms with Gasteiger partial charge >= 0.3 is 0 Å². The van der Waals surface area contributed by atoms with Crippen LogP contribution in [-0.4, -0.2) is 21.3 Å². The summed E-state index contributed by atoms with van der Waals surface area (Å²) >= 11 is 1.36. The third-order valence-electron chi connectivity index (χ3n) is 4.02. The summed E-state index contributed by atoms with van der Waals surface area (Å²) in [5.74, 6) is -0.693. The average molecular weight is 359 g/mol. The first-order chi connectivity index (χ1) is 12.0. The highest BCUT2D eigenvalue weighted by Crippen LogP contribution is 2.11. The Hall–Kier alpha value is -2.54. The molecule has 0 fully saturated rings. The third-order valence-corrected chi connectivity index (χ3v) is 4.98. The van der Waals surface area contributed by atoms with Gasteiger partial charge in [-0.2, -0.15) is 0 Å². The second kappa shape index (κ2) is 7.14. The standard InChI is InChI=1S/C18H18FN3O2S/c1-11(3-4-13-5-7-14(19)8-6-13)21-16(23)15-9-20-18-22(17(15)24)12(2)10-25-18/h5-11H,3-4H2,1-2H3,(H,21,23)/t11-/m0/s1. The molecular formula is C18H18FN3O2S. The molecule has 0 saturated carbocycles. The number of rotatable bonds is 5. The number of hydrogen-bond acceptors (Lipinski definition) is 4. The highest BCUT2D eigenvalue weighted by Gasteiger charge is 2.17. The van der Waals surface area contributed by atoms with Crippen LogP contribution in [-0.2, 0) is 6.42 Å². The number of amides is 1. The van der Waals surface area contributed by atoms with Crippen molar-refractivity contribution in [2.24, 2.45) is 0 Å². The zero-order valence-corrected chi connectivity index (χ0v) is 14.8. The number of aromatic nitrogens is 2. The molecule has 1 atom stereocenters. The molecule has 5 nitrogen and oxygen atoms in total. The van der Waals surface area contributed by atoms with E-state index in [0.717, 1.165) is 11.3 Å². The minimum absolute atomic E-state index is 0.0348. The van der Waals surface area contributed by atoms with Crippen LogP contribution in [0.1, 0.15) is 35.0 Å². The summed E-state index contributed by atoms with van der Waals surface area (Å²) in [6.07, 6.45) is 2.73. The predicted molar refractivity (Wildman–Crippen MR) is 95.7 cm³/mol. The average Bonchev–Trinajstić information content (AvgIpc) is 2.96. The normalized spacial score (nSPS) is 12.3. The maximum Gasteiger partial charge on any atom is 0.271 e. The Bertz CT molecular complexity index is 963. The molecule has 0 spiro atoms. The molecule has 0 bridgehead atoms.